The van der Waals surface area contributed by atoms with Gasteiger partial charge in [0, 0.05) is 17.0 Å². The van der Waals surface area contributed by atoms with E-state index in [-0.39, 0.29) is 0 Å². The van der Waals surface area contributed by atoms with E-state index in [2.05, 4.69) is 20.9 Å². The smallest absolute Gasteiger partial charge is 0.180 e. The summed E-state index contributed by atoms with van der Waals surface area (Å²) in [6.45, 7) is 2.52. The number of aromatic nitrogens is 1. The molecule has 1 aromatic heterocycles. The molecule has 1 heterocycles. The van der Waals surface area contributed by atoms with Gasteiger partial charge in [-0.05, 0) is 28.9 Å². The van der Waals surface area contributed by atoms with Crippen molar-refractivity contribution < 1.29 is 9.47 Å². The largest absolute Gasteiger partial charge is 0.495 e. The van der Waals surface area contributed by atoms with E-state index in [0.29, 0.717) is 11.7 Å². The summed E-state index contributed by atoms with van der Waals surface area (Å²) in [7, 11) is 1.62. The summed E-state index contributed by atoms with van der Waals surface area (Å²) in [6, 6.07) is 3.77. The van der Waals surface area contributed by atoms with Crippen LogP contribution in [0.1, 0.15) is 6.92 Å². The lowest BCUT2D eigenvalue weighted by Gasteiger charge is -2.12. The first-order valence-electron chi connectivity index (χ1n) is 5.37. The van der Waals surface area contributed by atoms with E-state index in [1.807, 2.05) is 24.4 Å². The summed E-state index contributed by atoms with van der Waals surface area (Å²) in [5.41, 5.74) is 7.37. The Hall–Kier alpha value is -1.27. The zero-order chi connectivity index (χ0) is 13.1. The lowest BCUT2D eigenvalue weighted by atomic mass is 10.1. The van der Waals surface area contributed by atoms with Crippen molar-refractivity contribution in [1.82, 2.24) is 4.98 Å². The number of methoxy groups -OCH3 is 1. The molecule has 0 aliphatic heterocycles. The number of ether oxygens (including phenoxy) is 2. The van der Waals surface area contributed by atoms with Gasteiger partial charge in [-0.15, -0.1) is 11.3 Å². The Morgan fingerprint density at radius 1 is 1.39 bits per heavy atom. The average molecular weight is 329 g/mol. The molecule has 96 valence electrons. The second-order valence-electron chi connectivity index (χ2n) is 3.49. The summed E-state index contributed by atoms with van der Waals surface area (Å²) in [5, 5.41) is 2.45. The number of hydrogen-bond donors (Lipinski definition) is 1. The Labute approximate surface area is 118 Å². The predicted molar refractivity (Wildman–Crippen MR) is 77.4 cm³/mol. The van der Waals surface area contributed by atoms with Crippen LogP contribution >= 0.6 is 27.3 Å². The van der Waals surface area contributed by atoms with Crippen molar-refractivity contribution in [3.05, 3.63) is 22.0 Å². The Morgan fingerprint density at radius 3 is 2.72 bits per heavy atom. The minimum absolute atomic E-state index is 0.541. The Morgan fingerprint density at radius 2 is 2.17 bits per heavy atom. The molecule has 0 bridgehead atoms. The third-order valence-corrected chi connectivity index (χ3v) is 3.65. The number of rotatable bonds is 4. The third-order valence-electron chi connectivity index (χ3n) is 2.35. The van der Waals surface area contributed by atoms with Crippen molar-refractivity contribution in [1.29, 1.82) is 0 Å². The number of benzene rings is 1. The Kier molecular flexibility index (Phi) is 4.08. The number of nitrogens with two attached hydrogens (primary N) is 1. The van der Waals surface area contributed by atoms with Gasteiger partial charge in [0.15, 0.2) is 5.13 Å². The molecule has 0 aliphatic carbocycles. The number of hydrogen-bond acceptors (Lipinski definition) is 5. The molecule has 2 aromatic rings. The van der Waals surface area contributed by atoms with Crippen molar-refractivity contribution in [2.45, 2.75) is 6.92 Å². The lowest BCUT2D eigenvalue weighted by Crippen LogP contribution is -1.96. The van der Waals surface area contributed by atoms with Crippen LogP contribution < -0.4 is 15.2 Å². The standard InChI is InChI=1S/C12H13BrN2O2S/c1-3-17-10-5-11(16-2)8(13)4-7(10)9-6-18-12(14)15-9/h4-6H,3H2,1-2H3,(H2,14,15). The van der Waals surface area contributed by atoms with Crippen LogP contribution in [0.4, 0.5) is 5.13 Å². The molecule has 0 aliphatic rings. The van der Waals surface area contributed by atoms with Crippen molar-refractivity contribution >= 4 is 32.4 Å². The normalized spacial score (nSPS) is 10.4. The minimum atomic E-state index is 0.541. The average Bonchev–Trinajstić information content (AvgIpc) is 2.78. The summed E-state index contributed by atoms with van der Waals surface area (Å²) in [6.07, 6.45) is 0. The van der Waals surface area contributed by atoms with Crippen LogP contribution in [0.3, 0.4) is 0 Å². The van der Waals surface area contributed by atoms with Crippen molar-refractivity contribution in [2.75, 3.05) is 19.5 Å². The second kappa shape index (κ2) is 5.58. The topological polar surface area (TPSA) is 57.4 Å². The fourth-order valence-corrected chi connectivity index (χ4v) is 2.65. The molecule has 2 N–H and O–H groups in total. The minimum Gasteiger partial charge on any atom is -0.495 e. The van der Waals surface area contributed by atoms with Gasteiger partial charge >= 0.3 is 0 Å². The van der Waals surface area contributed by atoms with Gasteiger partial charge in [0.1, 0.15) is 11.5 Å². The van der Waals surface area contributed by atoms with E-state index in [0.717, 1.165) is 27.2 Å². The maximum absolute atomic E-state index is 5.66. The molecule has 0 spiro atoms. The number of nitrogens with zero attached hydrogens (tertiary/aromatic N) is 1. The molecule has 4 nitrogen and oxygen atoms in total. The molecule has 2 rings (SSSR count). The van der Waals surface area contributed by atoms with Gasteiger partial charge in [-0.3, -0.25) is 0 Å². The molecule has 0 amide bonds. The van der Waals surface area contributed by atoms with Crippen LogP contribution in [-0.2, 0) is 0 Å². The van der Waals surface area contributed by atoms with E-state index >= 15 is 0 Å². The molecular weight excluding hydrogens is 316 g/mol. The fourth-order valence-electron chi connectivity index (χ4n) is 1.58. The van der Waals surface area contributed by atoms with Gasteiger partial charge in [0.2, 0.25) is 0 Å². The van der Waals surface area contributed by atoms with Crippen LogP contribution in [0.25, 0.3) is 11.3 Å². The molecule has 18 heavy (non-hydrogen) atoms. The molecule has 0 fully saturated rings. The fraction of sp³-hybridized carbons (Fsp3) is 0.250. The highest BCUT2D eigenvalue weighted by Crippen LogP contribution is 2.39. The molecule has 6 heteroatoms. The number of halogens is 1. The van der Waals surface area contributed by atoms with E-state index in [9.17, 15) is 0 Å². The summed E-state index contributed by atoms with van der Waals surface area (Å²) in [4.78, 5) is 4.28. The zero-order valence-corrected chi connectivity index (χ0v) is 12.5. The molecule has 1 aromatic carbocycles. The predicted octanol–water partition coefficient (Wildman–Crippen LogP) is 3.56. The van der Waals surface area contributed by atoms with E-state index in [1.165, 1.54) is 11.3 Å². The van der Waals surface area contributed by atoms with Crippen LogP contribution in [-0.4, -0.2) is 18.7 Å². The lowest BCUT2D eigenvalue weighted by molar-refractivity contribution is 0.337. The zero-order valence-electron chi connectivity index (χ0n) is 10.1. The molecule has 0 unspecified atom stereocenters. The second-order valence-corrected chi connectivity index (χ2v) is 5.23. The molecule has 0 saturated carbocycles. The van der Waals surface area contributed by atoms with Gasteiger partial charge in [-0.25, -0.2) is 4.98 Å². The maximum Gasteiger partial charge on any atom is 0.180 e. The van der Waals surface area contributed by atoms with E-state index in [1.54, 1.807) is 7.11 Å². The monoisotopic (exact) mass is 328 g/mol. The highest BCUT2D eigenvalue weighted by Gasteiger charge is 2.14. The first-order valence-corrected chi connectivity index (χ1v) is 7.04. The number of thiazole rings is 1. The first-order chi connectivity index (χ1) is 8.65. The third kappa shape index (κ3) is 2.59. The number of anilines is 1. The van der Waals surface area contributed by atoms with E-state index < -0.39 is 0 Å². The van der Waals surface area contributed by atoms with Crippen LogP contribution in [0, 0.1) is 0 Å². The van der Waals surface area contributed by atoms with Crippen molar-refractivity contribution in [3.63, 3.8) is 0 Å². The highest BCUT2D eigenvalue weighted by atomic mass is 79.9. The SMILES string of the molecule is CCOc1cc(OC)c(Br)cc1-c1csc(N)n1. The Balaban J connectivity index is 2.54. The number of nitrogen functional groups attached to an aromatic ring is 1. The van der Waals surface area contributed by atoms with Crippen LogP contribution in [0.5, 0.6) is 11.5 Å². The molecule has 0 atom stereocenters. The van der Waals surface area contributed by atoms with Crippen molar-refractivity contribution in [2.24, 2.45) is 0 Å². The molecule has 0 saturated heterocycles. The van der Waals surface area contributed by atoms with Gasteiger partial charge in [0.25, 0.3) is 0 Å². The first kappa shape index (κ1) is 13.2. The summed E-state index contributed by atoms with van der Waals surface area (Å²) >= 11 is 4.87. The summed E-state index contributed by atoms with van der Waals surface area (Å²) < 4.78 is 11.7. The quantitative estimate of drug-likeness (QED) is 0.932. The maximum atomic E-state index is 5.66. The Bertz CT molecular complexity index is 557. The van der Waals surface area contributed by atoms with Crippen LogP contribution in [0.15, 0.2) is 22.0 Å². The molecular formula is C12H13BrN2O2S. The van der Waals surface area contributed by atoms with Gasteiger partial charge < -0.3 is 15.2 Å². The van der Waals surface area contributed by atoms with Gasteiger partial charge in [-0.1, -0.05) is 0 Å². The molecule has 0 radical (unpaired) electrons. The van der Waals surface area contributed by atoms with Gasteiger partial charge in [0.05, 0.1) is 23.9 Å². The van der Waals surface area contributed by atoms with Crippen molar-refractivity contribution in [3.8, 4) is 22.8 Å². The summed E-state index contributed by atoms with van der Waals surface area (Å²) in [5.74, 6) is 1.47. The highest BCUT2D eigenvalue weighted by molar-refractivity contribution is 9.10. The van der Waals surface area contributed by atoms with E-state index in [4.69, 9.17) is 15.2 Å². The van der Waals surface area contributed by atoms with Gasteiger partial charge in [-0.2, -0.15) is 0 Å². The van der Waals surface area contributed by atoms with Crippen LogP contribution in [0.2, 0.25) is 0 Å².